The Bertz CT molecular complexity index is 1270. The van der Waals surface area contributed by atoms with E-state index in [4.69, 9.17) is 16.3 Å². The van der Waals surface area contributed by atoms with E-state index in [9.17, 15) is 13.2 Å². The van der Waals surface area contributed by atoms with Gasteiger partial charge in [0.05, 0.1) is 31.2 Å². The van der Waals surface area contributed by atoms with Crippen LogP contribution in [0.3, 0.4) is 0 Å². The molecule has 2 aliphatic rings. The number of anilines is 3. The number of nitrogens with zero attached hydrogens (tertiary/aromatic N) is 3. The fourth-order valence-corrected chi connectivity index (χ4v) is 6.40. The fraction of sp³-hybridized carbons (Fsp3) is 0.577. The third-order valence-corrected chi connectivity index (χ3v) is 8.34. The van der Waals surface area contributed by atoms with Crippen molar-refractivity contribution in [2.24, 2.45) is 0 Å². The molecule has 4 rings (SSSR count). The van der Waals surface area contributed by atoms with Crippen LogP contribution in [0.1, 0.15) is 63.0 Å². The number of nitrogens with one attached hydrogen (secondary N) is 3. The van der Waals surface area contributed by atoms with Crippen molar-refractivity contribution < 1.29 is 17.9 Å². The topological polar surface area (TPSA) is 126 Å². The number of benzene rings is 1. The molecule has 0 bridgehead atoms. The minimum atomic E-state index is -3.35. The van der Waals surface area contributed by atoms with Crippen LogP contribution in [-0.2, 0) is 21.2 Å². The number of rotatable bonds is 9. The predicted molar refractivity (Wildman–Crippen MR) is 150 cm³/mol. The first-order chi connectivity index (χ1) is 18.1. The van der Waals surface area contributed by atoms with Crippen LogP contribution < -0.4 is 20.1 Å². The molecule has 208 valence electrons. The monoisotopic (exact) mass is 564 g/mol. The number of halogens is 1. The molecule has 3 atom stereocenters. The zero-order valence-electron chi connectivity index (χ0n) is 22.4. The first kappa shape index (κ1) is 28.4. The highest BCUT2D eigenvalue weighted by Gasteiger charge is 2.31. The maximum Gasteiger partial charge on any atom is 0.230 e. The molecule has 1 aromatic carbocycles. The van der Waals surface area contributed by atoms with Crippen molar-refractivity contribution in [3.8, 4) is 5.75 Å². The van der Waals surface area contributed by atoms with Crippen molar-refractivity contribution in [3.63, 3.8) is 0 Å². The fourth-order valence-electron chi connectivity index (χ4n) is 5.42. The molecule has 1 unspecified atom stereocenters. The number of carbonyl (C=O) groups excluding carboxylic acids is 1. The molecule has 0 saturated heterocycles. The van der Waals surface area contributed by atoms with Crippen LogP contribution in [0, 0.1) is 0 Å². The van der Waals surface area contributed by atoms with Crippen molar-refractivity contribution in [1.29, 1.82) is 0 Å². The molecule has 1 fully saturated rings. The Morgan fingerprint density at radius 3 is 2.58 bits per heavy atom. The van der Waals surface area contributed by atoms with Crippen molar-refractivity contribution in [3.05, 3.63) is 34.5 Å². The van der Waals surface area contributed by atoms with Gasteiger partial charge < -0.3 is 20.3 Å². The van der Waals surface area contributed by atoms with E-state index in [1.165, 1.54) is 12.5 Å². The van der Waals surface area contributed by atoms with Crippen molar-refractivity contribution in [1.82, 2.24) is 19.6 Å². The van der Waals surface area contributed by atoms with Crippen molar-refractivity contribution in [2.45, 2.75) is 70.4 Å². The smallest absolute Gasteiger partial charge is 0.230 e. The van der Waals surface area contributed by atoms with Gasteiger partial charge >= 0.3 is 0 Å². The summed E-state index contributed by atoms with van der Waals surface area (Å²) in [6.07, 6.45) is 7.61. The molecule has 38 heavy (non-hydrogen) atoms. The molecule has 2 aromatic rings. The highest BCUT2D eigenvalue weighted by Crippen LogP contribution is 2.38. The van der Waals surface area contributed by atoms with E-state index in [1.54, 1.807) is 7.11 Å². The van der Waals surface area contributed by atoms with Gasteiger partial charge in [0, 0.05) is 25.2 Å². The number of amides is 1. The summed E-state index contributed by atoms with van der Waals surface area (Å²) in [5.74, 6) is 1.30. The summed E-state index contributed by atoms with van der Waals surface area (Å²) in [5, 5.41) is 6.95. The molecule has 1 amide bonds. The molecular weight excluding hydrogens is 528 g/mol. The summed E-state index contributed by atoms with van der Waals surface area (Å²) in [6, 6.07) is 3.57. The van der Waals surface area contributed by atoms with Gasteiger partial charge in [0.15, 0.2) is 5.82 Å². The summed E-state index contributed by atoms with van der Waals surface area (Å²) in [5.41, 5.74) is 2.78. The molecule has 1 aromatic heterocycles. The van der Waals surface area contributed by atoms with E-state index in [1.807, 2.05) is 30.9 Å². The highest BCUT2D eigenvalue weighted by molar-refractivity contribution is 7.88. The number of carbonyl (C=O) groups is 1. The average Bonchev–Trinajstić information content (AvgIpc) is 3.00. The number of methoxy groups -OCH3 is 1. The van der Waals surface area contributed by atoms with Crippen LogP contribution in [0.2, 0.25) is 5.02 Å². The van der Waals surface area contributed by atoms with Gasteiger partial charge in [0.2, 0.25) is 21.9 Å². The van der Waals surface area contributed by atoms with Gasteiger partial charge in [-0.1, -0.05) is 31.4 Å². The number of hydrogen-bond acceptors (Lipinski definition) is 8. The maximum absolute atomic E-state index is 13.1. The average molecular weight is 565 g/mol. The van der Waals surface area contributed by atoms with E-state index in [0.29, 0.717) is 47.7 Å². The van der Waals surface area contributed by atoms with Gasteiger partial charge in [-0.2, -0.15) is 4.98 Å². The van der Waals surface area contributed by atoms with Crippen LogP contribution in [0.5, 0.6) is 5.75 Å². The lowest BCUT2D eigenvalue weighted by Crippen LogP contribution is -2.48. The van der Waals surface area contributed by atoms with Crippen LogP contribution >= 0.6 is 11.6 Å². The molecule has 0 spiro atoms. The first-order valence-corrected chi connectivity index (χ1v) is 15.4. The number of ether oxygens (including phenoxy) is 1. The Balaban J connectivity index is 1.60. The van der Waals surface area contributed by atoms with E-state index in [-0.39, 0.29) is 23.9 Å². The lowest BCUT2D eigenvalue weighted by atomic mass is 9.90. The predicted octanol–water partition coefficient (Wildman–Crippen LogP) is 4.05. The van der Waals surface area contributed by atoms with E-state index in [2.05, 4.69) is 25.3 Å². The number of hydrogen-bond donors (Lipinski definition) is 3. The number of likely N-dealkylation sites (N-methyl/N-ethyl adjacent to an activating group) is 1. The van der Waals surface area contributed by atoms with Gasteiger partial charge in [-0.3, -0.25) is 4.79 Å². The lowest BCUT2D eigenvalue weighted by molar-refractivity contribution is -0.132. The quantitative estimate of drug-likeness (QED) is 0.416. The number of sulfonamides is 1. The van der Waals surface area contributed by atoms with Crippen molar-refractivity contribution in [2.75, 3.05) is 37.1 Å². The second kappa shape index (κ2) is 12.0. The van der Waals surface area contributed by atoms with E-state index < -0.39 is 10.0 Å². The molecule has 1 aliphatic heterocycles. The zero-order valence-corrected chi connectivity index (χ0v) is 24.0. The molecule has 1 aliphatic carbocycles. The van der Waals surface area contributed by atoms with Gasteiger partial charge in [0.25, 0.3) is 0 Å². The lowest BCUT2D eigenvalue weighted by Gasteiger charge is -2.32. The zero-order chi connectivity index (χ0) is 27.4. The van der Waals surface area contributed by atoms with Crippen LogP contribution in [0.4, 0.5) is 17.5 Å². The van der Waals surface area contributed by atoms with Gasteiger partial charge in [0.1, 0.15) is 10.8 Å². The normalized spacial score (nSPS) is 22.0. The molecule has 3 N–H and O–H groups in total. The Kier molecular flexibility index (Phi) is 9.00. The molecular formula is C26H37ClN6O4S. The molecule has 0 radical (unpaired) electrons. The number of fused-ring (bicyclic) bond motifs is 1. The summed E-state index contributed by atoms with van der Waals surface area (Å²) in [6.45, 7) is 5.38. The van der Waals surface area contributed by atoms with E-state index >= 15 is 0 Å². The second-order valence-electron chi connectivity index (χ2n) is 9.93. The second-order valence-corrected chi connectivity index (χ2v) is 12.1. The van der Waals surface area contributed by atoms with Gasteiger partial charge in [-0.25, -0.2) is 18.1 Å². The summed E-state index contributed by atoms with van der Waals surface area (Å²) >= 11 is 6.43. The largest absolute Gasteiger partial charge is 0.495 e. The Morgan fingerprint density at radius 1 is 1.18 bits per heavy atom. The summed E-state index contributed by atoms with van der Waals surface area (Å²) in [7, 11) is -1.75. The Hall–Kier alpha value is -2.63. The van der Waals surface area contributed by atoms with Crippen molar-refractivity contribution >= 4 is 45.0 Å². The summed E-state index contributed by atoms with van der Waals surface area (Å²) < 4.78 is 32.2. The third-order valence-electron chi connectivity index (χ3n) is 7.33. The Morgan fingerprint density at radius 2 is 1.92 bits per heavy atom. The van der Waals surface area contributed by atoms with E-state index in [0.717, 1.165) is 43.2 Å². The van der Waals surface area contributed by atoms with Gasteiger partial charge in [-0.05, 0) is 55.9 Å². The molecule has 12 heteroatoms. The maximum atomic E-state index is 13.1. The van der Waals surface area contributed by atoms with Crippen LogP contribution in [0.15, 0.2) is 18.3 Å². The van der Waals surface area contributed by atoms with Crippen LogP contribution in [-0.4, -0.2) is 67.7 Å². The summed E-state index contributed by atoms with van der Waals surface area (Å²) in [4.78, 5) is 23.9. The minimum Gasteiger partial charge on any atom is -0.495 e. The van der Waals surface area contributed by atoms with Crippen LogP contribution in [0.25, 0.3) is 0 Å². The molecule has 10 nitrogen and oxygen atoms in total. The molecule has 1 saturated carbocycles. The number of aromatic nitrogens is 2. The Labute approximate surface area is 230 Å². The molecule has 2 heterocycles. The highest BCUT2D eigenvalue weighted by atomic mass is 35.5. The first-order valence-electron chi connectivity index (χ1n) is 13.2. The standard InChI is InChI=1S/C26H37ClN6O4S/c1-5-17-18-14-23(37-3)22(13-16(18)11-12-33(6-2)25(17)34)30-26-28-15-19(27)24(31-26)29-20-9-7-8-10-21(20)32-38(4,35)36/h13-15,17,20-21,32H,5-12H2,1-4H3,(H2,28,29,30,31)/t17?,20-,21-/m1/s1. The minimum absolute atomic E-state index is 0.147. The van der Waals surface area contributed by atoms with Gasteiger partial charge in [-0.15, -0.1) is 0 Å². The SMILES string of the molecule is CCC1C(=O)N(CC)CCc2cc(Nc3ncc(Cl)c(N[C@@H]4CCCC[C@H]4NS(C)(=O)=O)n3)c(OC)cc21. The third kappa shape index (κ3) is 6.50.